The van der Waals surface area contributed by atoms with Crippen LogP contribution in [-0.2, 0) is 16.0 Å². The van der Waals surface area contributed by atoms with Gasteiger partial charge in [0.05, 0.1) is 0 Å². The second-order valence-corrected chi connectivity index (χ2v) is 6.72. The second-order valence-electron chi connectivity index (χ2n) is 6.72. The number of aryl methyl sites for hydroxylation is 1. The first kappa shape index (κ1) is 20.5. The maximum atomic E-state index is 12.2. The van der Waals surface area contributed by atoms with E-state index in [1.165, 1.54) is 11.8 Å². The molecule has 6 heteroatoms. The number of carbonyl (C=O) groups excluding carboxylic acids is 2. The Bertz CT molecular complexity index is 704. The Balaban J connectivity index is 1.76. The van der Waals surface area contributed by atoms with E-state index in [2.05, 4.69) is 17.6 Å². The summed E-state index contributed by atoms with van der Waals surface area (Å²) in [5.41, 5.74) is 1.94. The Morgan fingerprint density at radius 3 is 2.70 bits per heavy atom. The highest BCUT2D eigenvalue weighted by Crippen LogP contribution is 2.13. The van der Waals surface area contributed by atoms with Crippen molar-refractivity contribution in [3.8, 4) is 6.07 Å². The summed E-state index contributed by atoms with van der Waals surface area (Å²) in [4.78, 5) is 25.6. The van der Waals surface area contributed by atoms with Gasteiger partial charge in [0.15, 0.2) is 0 Å². The van der Waals surface area contributed by atoms with E-state index in [0.717, 1.165) is 38.6 Å². The van der Waals surface area contributed by atoms with Crippen LogP contribution < -0.4 is 10.6 Å². The molecule has 1 aromatic rings. The molecule has 0 aliphatic carbocycles. The smallest absolute Gasteiger partial charge is 0.267 e. The lowest BCUT2D eigenvalue weighted by Gasteiger charge is -2.14. The van der Waals surface area contributed by atoms with Crippen molar-refractivity contribution in [3.05, 3.63) is 41.6 Å². The average Bonchev–Trinajstić information content (AvgIpc) is 3.09. The predicted molar refractivity (Wildman–Crippen MR) is 106 cm³/mol. The first-order chi connectivity index (χ1) is 13.1. The minimum absolute atomic E-state index is 0.0299. The molecule has 0 aromatic heterocycles. The van der Waals surface area contributed by atoms with E-state index in [4.69, 9.17) is 0 Å². The van der Waals surface area contributed by atoms with Crippen LogP contribution in [0.3, 0.4) is 0 Å². The van der Waals surface area contributed by atoms with Crippen LogP contribution in [-0.4, -0.2) is 36.3 Å². The largest absolute Gasteiger partial charge is 0.390 e. The number of benzene rings is 1. The number of anilines is 1. The van der Waals surface area contributed by atoms with Crippen LogP contribution in [0, 0.1) is 11.3 Å². The Labute approximate surface area is 161 Å². The molecule has 0 unspecified atom stereocenters. The quantitative estimate of drug-likeness (QED) is 0.378. The fourth-order valence-corrected chi connectivity index (χ4v) is 2.97. The fourth-order valence-electron chi connectivity index (χ4n) is 2.97. The lowest BCUT2D eigenvalue weighted by molar-refractivity contribution is -0.127. The zero-order chi connectivity index (χ0) is 19.5. The Kier molecular flexibility index (Phi) is 8.37. The number of rotatable bonds is 10. The van der Waals surface area contributed by atoms with Gasteiger partial charge in [-0.2, -0.15) is 5.26 Å². The van der Waals surface area contributed by atoms with Gasteiger partial charge in [-0.1, -0.05) is 25.5 Å². The first-order valence-corrected chi connectivity index (χ1v) is 9.65. The lowest BCUT2D eigenvalue weighted by Crippen LogP contribution is -2.27. The predicted octanol–water partition coefficient (Wildman–Crippen LogP) is 2.98. The Morgan fingerprint density at radius 1 is 1.30 bits per heavy atom. The zero-order valence-electron chi connectivity index (χ0n) is 16.0. The molecule has 0 saturated carbocycles. The molecule has 6 nitrogen and oxygen atoms in total. The Hall–Kier alpha value is -2.81. The minimum Gasteiger partial charge on any atom is -0.390 e. The third-order valence-corrected chi connectivity index (χ3v) is 4.56. The zero-order valence-corrected chi connectivity index (χ0v) is 16.0. The summed E-state index contributed by atoms with van der Waals surface area (Å²) < 4.78 is 0. The molecule has 0 spiro atoms. The van der Waals surface area contributed by atoms with Crippen molar-refractivity contribution in [2.45, 2.75) is 45.4 Å². The van der Waals surface area contributed by atoms with Crippen LogP contribution in [0.5, 0.6) is 0 Å². The number of unbranched alkanes of at least 4 members (excludes halogenated alkanes) is 1. The third kappa shape index (κ3) is 6.78. The van der Waals surface area contributed by atoms with E-state index in [-0.39, 0.29) is 11.5 Å². The number of carbonyl (C=O) groups is 2. The SMILES string of the molecule is CCCCc1ccc(NC(=O)/C(C#N)=C\NCCCN2CCCC2=O)cc1. The molecule has 1 aromatic carbocycles. The summed E-state index contributed by atoms with van der Waals surface area (Å²) in [7, 11) is 0. The number of likely N-dealkylation sites (tertiary alicyclic amines) is 1. The van der Waals surface area contributed by atoms with Crippen LogP contribution in [0.15, 0.2) is 36.0 Å². The molecule has 2 amide bonds. The van der Waals surface area contributed by atoms with Gasteiger partial charge in [-0.25, -0.2) is 0 Å². The minimum atomic E-state index is -0.430. The first-order valence-electron chi connectivity index (χ1n) is 9.65. The number of nitriles is 1. The maximum absolute atomic E-state index is 12.2. The topological polar surface area (TPSA) is 85.2 Å². The molecule has 0 bridgehead atoms. The van der Waals surface area contributed by atoms with Crippen molar-refractivity contribution in [1.29, 1.82) is 5.26 Å². The van der Waals surface area contributed by atoms with Crippen molar-refractivity contribution in [2.24, 2.45) is 0 Å². The van der Waals surface area contributed by atoms with Crippen LogP contribution in [0.1, 0.15) is 44.6 Å². The molecule has 1 saturated heterocycles. The molecule has 1 fully saturated rings. The number of amides is 2. The second kappa shape index (κ2) is 11.0. The van der Waals surface area contributed by atoms with Crippen molar-refractivity contribution < 1.29 is 9.59 Å². The van der Waals surface area contributed by atoms with E-state index < -0.39 is 5.91 Å². The molecule has 2 N–H and O–H groups in total. The normalized spacial score (nSPS) is 14.1. The molecule has 144 valence electrons. The van der Waals surface area contributed by atoms with Crippen LogP contribution in [0.4, 0.5) is 5.69 Å². The van der Waals surface area contributed by atoms with Crippen molar-refractivity contribution in [3.63, 3.8) is 0 Å². The standard InChI is InChI=1S/C21H28N4O2/c1-2-3-6-17-8-10-19(11-9-17)24-21(27)18(15-22)16-23-12-5-14-25-13-4-7-20(25)26/h8-11,16,23H,2-7,12-14H2,1H3,(H,24,27)/b18-16-. The summed E-state index contributed by atoms with van der Waals surface area (Å²) >= 11 is 0. The van der Waals surface area contributed by atoms with Gasteiger partial charge in [-0.3, -0.25) is 9.59 Å². The number of nitrogens with one attached hydrogen (secondary N) is 2. The molecule has 1 aliphatic heterocycles. The monoisotopic (exact) mass is 368 g/mol. The van der Waals surface area contributed by atoms with Crippen molar-refractivity contribution in [2.75, 3.05) is 25.0 Å². The van der Waals surface area contributed by atoms with Crippen molar-refractivity contribution in [1.82, 2.24) is 10.2 Å². The van der Waals surface area contributed by atoms with Gasteiger partial charge in [-0.05, 0) is 43.4 Å². The molecule has 0 radical (unpaired) electrons. The van der Waals surface area contributed by atoms with Gasteiger partial charge >= 0.3 is 0 Å². The van der Waals surface area contributed by atoms with Gasteiger partial charge in [0, 0.05) is 37.9 Å². The summed E-state index contributed by atoms with van der Waals surface area (Å²) in [6.07, 6.45) is 7.12. The highest BCUT2D eigenvalue weighted by atomic mass is 16.2. The van der Waals surface area contributed by atoms with Crippen LogP contribution in [0.25, 0.3) is 0 Å². The summed E-state index contributed by atoms with van der Waals surface area (Å²) in [6, 6.07) is 9.64. The highest BCUT2D eigenvalue weighted by molar-refractivity contribution is 6.06. The number of hydrogen-bond donors (Lipinski definition) is 2. The van der Waals surface area contributed by atoms with Gasteiger partial charge < -0.3 is 15.5 Å². The van der Waals surface area contributed by atoms with E-state index >= 15 is 0 Å². The van der Waals surface area contributed by atoms with Gasteiger partial charge in [-0.15, -0.1) is 0 Å². The highest BCUT2D eigenvalue weighted by Gasteiger charge is 2.18. The van der Waals surface area contributed by atoms with Gasteiger partial charge in [0.25, 0.3) is 5.91 Å². The fraction of sp³-hybridized carbons (Fsp3) is 0.476. The molecular formula is C21H28N4O2. The van der Waals surface area contributed by atoms with Crippen LogP contribution >= 0.6 is 0 Å². The van der Waals surface area contributed by atoms with E-state index in [1.54, 1.807) is 0 Å². The summed E-state index contributed by atoms with van der Waals surface area (Å²) in [5.74, 6) is -0.218. The van der Waals surface area contributed by atoms with Crippen molar-refractivity contribution >= 4 is 17.5 Å². The molecule has 1 heterocycles. The molecule has 27 heavy (non-hydrogen) atoms. The van der Waals surface area contributed by atoms with E-state index in [9.17, 15) is 14.9 Å². The third-order valence-electron chi connectivity index (χ3n) is 4.56. The summed E-state index contributed by atoms with van der Waals surface area (Å²) in [5, 5.41) is 14.9. The van der Waals surface area contributed by atoms with Gasteiger partial charge in [0.1, 0.15) is 11.6 Å². The van der Waals surface area contributed by atoms with E-state index in [0.29, 0.717) is 25.2 Å². The molecule has 1 aliphatic rings. The number of nitrogens with zero attached hydrogens (tertiary/aromatic N) is 2. The molecule has 2 rings (SSSR count). The van der Waals surface area contributed by atoms with Gasteiger partial charge in [0.2, 0.25) is 5.91 Å². The molecular weight excluding hydrogens is 340 g/mol. The lowest BCUT2D eigenvalue weighted by atomic mass is 10.1. The molecule has 0 atom stereocenters. The summed E-state index contributed by atoms with van der Waals surface area (Å²) in [6.45, 7) is 4.30. The van der Waals surface area contributed by atoms with E-state index in [1.807, 2.05) is 35.2 Å². The number of hydrogen-bond acceptors (Lipinski definition) is 4. The maximum Gasteiger partial charge on any atom is 0.267 e. The Morgan fingerprint density at radius 2 is 2.07 bits per heavy atom. The van der Waals surface area contributed by atoms with Crippen LogP contribution in [0.2, 0.25) is 0 Å². The average molecular weight is 368 g/mol.